The standard InChI is InChI=1S/C10H13NO3/c1-6(2)8(5-11)9(7(3)12)10(13)14-4/h9H,1-4H3. The number of carbonyl (C=O) groups is 2. The molecule has 0 aliphatic heterocycles. The summed E-state index contributed by atoms with van der Waals surface area (Å²) in [7, 11) is 1.19. The van der Waals surface area contributed by atoms with Crippen molar-refractivity contribution in [3.05, 3.63) is 11.1 Å². The number of hydrogen-bond acceptors (Lipinski definition) is 4. The maximum absolute atomic E-state index is 11.2. The quantitative estimate of drug-likeness (QED) is 0.386. The molecule has 0 N–H and O–H groups in total. The fourth-order valence-corrected chi connectivity index (χ4v) is 1.07. The van der Waals surface area contributed by atoms with Gasteiger partial charge in [0.05, 0.1) is 13.2 Å². The molecule has 1 unspecified atom stereocenters. The number of methoxy groups -OCH3 is 1. The Morgan fingerprint density at radius 2 is 1.79 bits per heavy atom. The molecule has 0 spiro atoms. The van der Waals surface area contributed by atoms with Crippen molar-refractivity contribution in [1.82, 2.24) is 0 Å². The predicted molar refractivity (Wildman–Crippen MR) is 50.2 cm³/mol. The summed E-state index contributed by atoms with van der Waals surface area (Å²) in [6.45, 7) is 4.62. The number of rotatable bonds is 3. The third kappa shape index (κ3) is 2.70. The Labute approximate surface area is 83.2 Å². The number of Topliss-reactive ketones (excluding diaryl/α,β-unsaturated/α-hetero) is 1. The third-order valence-electron chi connectivity index (χ3n) is 1.79. The molecule has 0 radical (unpaired) electrons. The van der Waals surface area contributed by atoms with Gasteiger partial charge < -0.3 is 4.74 Å². The molecule has 0 heterocycles. The maximum Gasteiger partial charge on any atom is 0.321 e. The van der Waals surface area contributed by atoms with Crippen molar-refractivity contribution in [3.63, 3.8) is 0 Å². The van der Waals surface area contributed by atoms with E-state index < -0.39 is 11.9 Å². The molecule has 0 aromatic rings. The van der Waals surface area contributed by atoms with Gasteiger partial charge in [0.15, 0.2) is 0 Å². The molecule has 0 aromatic heterocycles. The Bertz CT molecular complexity index is 319. The number of ketones is 1. The van der Waals surface area contributed by atoms with E-state index in [1.165, 1.54) is 14.0 Å². The Balaban J connectivity index is 5.24. The molecule has 0 aliphatic rings. The summed E-state index contributed by atoms with van der Waals surface area (Å²) < 4.78 is 4.46. The van der Waals surface area contributed by atoms with Gasteiger partial charge in [-0.2, -0.15) is 5.26 Å². The van der Waals surface area contributed by atoms with E-state index in [-0.39, 0.29) is 11.4 Å². The number of carbonyl (C=O) groups excluding carboxylic acids is 2. The lowest BCUT2D eigenvalue weighted by Crippen LogP contribution is -2.25. The summed E-state index contributed by atoms with van der Waals surface area (Å²) in [6.07, 6.45) is 0. The first kappa shape index (κ1) is 12.4. The highest BCUT2D eigenvalue weighted by atomic mass is 16.5. The number of hydrogen-bond donors (Lipinski definition) is 0. The average Bonchev–Trinajstić information content (AvgIpc) is 2.11. The zero-order valence-electron chi connectivity index (χ0n) is 8.75. The zero-order chi connectivity index (χ0) is 11.3. The van der Waals surface area contributed by atoms with Crippen molar-refractivity contribution in [2.75, 3.05) is 7.11 Å². The molecule has 0 rings (SSSR count). The first-order valence-electron chi connectivity index (χ1n) is 4.11. The van der Waals surface area contributed by atoms with Crippen molar-refractivity contribution >= 4 is 11.8 Å². The predicted octanol–water partition coefficient (Wildman–Crippen LogP) is 1.22. The maximum atomic E-state index is 11.2. The Morgan fingerprint density at radius 3 is 2.00 bits per heavy atom. The monoisotopic (exact) mass is 195 g/mol. The van der Waals surface area contributed by atoms with Crippen LogP contribution in [0, 0.1) is 17.2 Å². The minimum atomic E-state index is -1.07. The van der Waals surface area contributed by atoms with Gasteiger partial charge in [0.2, 0.25) is 0 Å². The smallest absolute Gasteiger partial charge is 0.321 e. The van der Waals surface area contributed by atoms with E-state index in [9.17, 15) is 9.59 Å². The molecular weight excluding hydrogens is 182 g/mol. The zero-order valence-corrected chi connectivity index (χ0v) is 8.75. The molecule has 4 nitrogen and oxygen atoms in total. The van der Waals surface area contributed by atoms with E-state index in [1.807, 2.05) is 6.07 Å². The lowest BCUT2D eigenvalue weighted by molar-refractivity contribution is -0.147. The first-order valence-corrected chi connectivity index (χ1v) is 4.11. The molecule has 76 valence electrons. The first-order chi connectivity index (χ1) is 6.45. The second-order valence-corrected chi connectivity index (χ2v) is 3.09. The highest BCUT2D eigenvalue weighted by Crippen LogP contribution is 2.17. The van der Waals surface area contributed by atoms with Crippen LogP contribution >= 0.6 is 0 Å². The van der Waals surface area contributed by atoms with E-state index in [1.54, 1.807) is 13.8 Å². The highest BCUT2D eigenvalue weighted by molar-refractivity contribution is 6.01. The molecule has 0 aliphatic carbocycles. The number of nitrogens with zero attached hydrogens (tertiary/aromatic N) is 1. The van der Waals surface area contributed by atoms with Crippen LogP contribution in [0.15, 0.2) is 11.1 Å². The fourth-order valence-electron chi connectivity index (χ4n) is 1.07. The lowest BCUT2D eigenvalue weighted by atomic mass is 9.93. The van der Waals surface area contributed by atoms with Crippen molar-refractivity contribution in [2.45, 2.75) is 20.8 Å². The summed E-state index contributed by atoms with van der Waals surface area (Å²) in [6, 6.07) is 1.86. The van der Waals surface area contributed by atoms with Crippen LogP contribution < -0.4 is 0 Å². The fraction of sp³-hybridized carbons (Fsp3) is 0.500. The SMILES string of the molecule is COC(=O)C(C(C)=O)C(C#N)=C(C)C. The van der Waals surface area contributed by atoms with Crippen LogP contribution in [0.3, 0.4) is 0 Å². The molecular formula is C10H13NO3. The second-order valence-electron chi connectivity index (χ2n) is 3.09. The lowest BCUT2D eigenvalue weighted by Gasteiger charge is -2.11. The van der Waals surface area contributed by atoms with Gasteiger partial charge in [-0.3, -0.25) is 9.59 Å². The number of esters is 1. The van der Waals surface area contributed by atoms with E-state index in [2.05, 4.69) is 4.74 Å². The molecule has 4 heteroatoms. The molecule has 1 atom stereocenters. The van der Waals surface area contributed by atoms with Crippen LogP contribution in [-0.2, 0) is 14.3 Å². The Kier molecular flexibility index (Phi) is 4.57. The van der Waals surface area contributed by atoms with Crippen molar-refractivity contribution in [1.29, 1.82) is 5.26 Å². The van der Waals surface area contributed by atoms with Crippen LogP contribution in [0.1, 0.15) is 20.8 Å². The minimum absolute atomic E-state index is 0.171. The molecule has 0 amide bonds. The summed E-state index contributed by atoms with van der Waals surface area (Å²) in [5.41, 5.74) is 0.822. The summed E-state index contributed by atoms with van der Waals surface area (Å²) in [5.74, 6) is -2.14. The van der Waals surface area contributed by atoms with Gasteiger partial charge in [0, 0.05) is 5.57 Å². The molecule has 0 saturated heterocycles. The van der Waals surface area contributed by atoms with Crippen LogP contribution in [0.2, 0.25) is 0 Å². The van der Waals surface area contributed by atoms with Gasteiger partial charge in [-0.1, -0.05) is 5.57 Å². The molecule has 0 fully saturated rings. The van der Waals surface area contributed by atoms with E-state index >= 15 is 0 Å². The third-order valence-corrected chi connectivity index (χ3v) is 1.79. The van der Waals surface area contributed by atoms with Gasteiger partial charge >= 0.3 is 5.97 Å². The second kappa shape index (κ2) is 5.18. The summed E-state index contributed by atoms with van der Waals surface area (Å²) in [4.78, 5) is 22.4. The molecule has 0 aromatic carbocycles. The number of allylic oxidation sites excluding steroid dienone is 1. The van der Waals surface area contributed by atoms with Crippen molar-refractivity contribution in [3.8, 4) is 6.07 Å². The van der Waals surface area contributed by atoms with Gasteiger partial charge in [-0.25, -0.2) is 0 Å². The van der Waals surface area contributed by atoms with Gasteiger partial charge in [0.25, 0.3) is 0 Å². The van der Waals surface area contributed by atoms with Gasteiger partial charge in [-0.15, -0.1) is 0 Å². The average molecular weight is 195 g/mol. The highest BCUT2D eigenvalue weighted by Gasteiger charge is 2.29. The van der Waals surface area contributed by atoms with Crippen LogP contribution in [-0.4, -0.2) is 18.9 Å². The Morgan fingerprint density at radius 1 is 1.29 bits per heavy atom. The van der Waals surface area contributed by atoms with E-state index in [0.29, 0.717) is 5.57 Å². The van der Waals surface area contributed by atoms with Gasteiger partial charge in [0.1, 0.15) is 11.7 Å². The minimum Gasteiger partial charge on any atom is -0.468 e. The largest absolute Gasteiger partial charge is 0.468 e. The Hall–Kier alpha value is -1.63. The van der Waals surface area contributed by atoms with E-state index in [0.717, 1.165) is 0 Å². The number of nitriles is 1. The number of ether oxygens (including phenoxy) is 1. The van der Waals surface area contributed by atoms with Gasteiger partial charge in [-0.05, 0) is 20.8 Å². The molecule has 0 saturated carbocycles. The molecule has 0 bridgehead atoms. The van der Waals surface area contributed by atoms with Crippen molar-refractivity contribution in [2.24, 2.45) is 5.92 Å². The van der Waals surface area contributed by atoms with Crippen LogP contribution in [0.4, 0.5) is 0 Å². The molecule has 14 heavy (non-hydrogen) atoms. The summed E-state index contributed by atoms with van der Waals surface area (Å²) >= 11 is 0. The van der Waals surface area contributed by atoms with Crippen LogP contribution in [0.5, 0.6) is 0 Å². The van der Waals surface area contributed by atoms with E-state index in [4.69, 9.17) is 5.26 Å². The topological polar surface area (TPSA) is 67.2 Å². The van der Waals surface area contributed by atoms with Crippen molar-refractivity contribution < 1.29 is 14.3 Å². The summed E-state index contributed by atoms with van der Waals surface area (Å²) in [5, 5.41) is 8.79. The normalized spacial score (nSPS) is 11.1. The van der Waals surface area contributed by atoms with Crippen LogP contribution in [0.25, 0.3) is 0 Å².